The number of hydrogen-bond acceptors (Lipinski definition) is 4. The average molecular weight is 473 g/mol. The SMILES string of the molecule is CCNC(=NCc1ccc(C#N)cc1)NCCNC(=O)OC(C)(C)C.I. The Hall–Kier alpha value is -2.02. The molecule has 26 heavy (non-hydrogen) atoms. The van der Waals surface area contributed by atoms with Gasteiger partial charge in [0, 0.05) is 19.6 Å². The highest BCUT2D eigenvalue weighted by Crippen LogP contribution is 2.06. The maximum absolute atomic E-state index is 11.6. The van der Waals surface area contributed by atoms with Gasteiger partial charge in [0.15, 0.2) is 5.96 Å². The third-order valence-corrected chi connectivity index (χ3v) is 2.93. The van der Waals surface area contributed by atoms with E-state index in [1.54, 1.807) is 12.1 Å². The van der Waals surface area contributed by atoms with Gasteiger partial charge in [0.2, 0.25) is 0 Å². The monoisotopic (exact) mass is 473 g/mol. The quantitative estimate of drug-likeness (QED) is 0.256. The maximum Gasteiger partial charge on any atom is 0.407 e. The fraction of sp³-hybridized carbons (Fsp3) is 0.500. The highest BCUT2D eigenvalue weighted by Gasteiger charge is 2.15. The summed E-state index contributed by atoms with van der Waals surface area (Å²) in [5.41, 5.74) is 1.14. The largest absolute Gasteiger partial charge is 0.444 e. The van der Waals surface area contributed by atoms with Gasteiger partial charge in [-0.15, -0.1) is 24.0 Å². The van der Waals surface area contributed by atoms with Gasteiger partial charge < -0.3 is 20.7 Å². The molecule has 0 aliphatic rings. The van der Waals surface area contributed by atoms with E-state index in [-0.39, 0.29) is 24.0 Å². The molecule has 0 saturated carbocycles. The van der Waals surface area contributed by atoms with Crippen molar-refractivity contribution in [3.63, 3.8) is 0 Å². The van der Waals surface area contributed by atoms with Crippen LogP contribution in [-0.2, 0) is 11.3 Å². The minimum atomic E-state index is -0.505. The first-order chi connectivity index (χ1) is 11.8. The number of nitriles is 1. The number of ether oxygens (including phenoxy) is 1. The van der Waals surface area contributed by atoms with Gasteiger partial charge in [-0.1, -0.05) is 12.1 Å². The topological polar surface area (TPSA) is 98.5 Å². The number of hydrogen-bond donors (Lipinski definition) is 3. The molecular formula is C18H28IN5O2. The van der Waals surface area contributed by atoms with Crippen molar-refractivity contribution in [2.45, 2.75) is 39.8 Å². The molecule has 0 atom stereocenters. The molecule has 0 heterocycles. The summed E-state index contributed by atoms with van der Waals surface area (Å²) in [7, 11) is 0. The predicted molar refractivity (Wildman–Crippen MR) is 114 cm³/mol. The number of carbonyl (C=O) groups is 1. The maximum atomic E-state index is 11.6. The van der Waals surface area contributed by atoms with Gasteiger partial charge in [-0.3, -0.25) is 0 Å². The summed E-state index contributed by atoms with van der Waals surface area (Å²) in [6, 6.07) is 9.41. The summed E-state index contributed by atoms with van der Waals surface area (Å²) in [6.07, 6.45) is -0.436. The van der Waals surface area contributed by atoms with E-state index in [2.05, 4.69) is 27.0 Å². The average Bonchev–Trinajstić information content (AvgIpc) is 2.55. The van der Waals surface area contributed by atoms with E-state index in [1.807, 2.05) is 39.8 Å². The number of alkyl carbamates (subject to hydrolysis) is 1. The molecule has 0 radical (unpaired) electrons. The van der Waals surface area contributed by atoms with Crippen LogP contribution in [-0.4, -0.2) is 37.3 Å². The second-order valence-electron chi connectivity index (χ2n) is 6.36. The molecule has 0 aliphatic heterocycles. The van der Waals surface area contributed by atoms with E-state index < -0.39 is 11.7 Å². The zero-order chi connectivity index (χ0) is 18.7. The second kappa shape index (κ2) is 12.4. The molecule has 1 amide bonds. The lowest BCUT2D eigenvalue weighted by Gasteiger charge is -2.19. The lowest BCUT2D eigenvalue weighted by Crippen LogP contribution is -2.42. The molecular weight excluding hydrogens is 445 g/mol. The van der Waals surface area contributed by atoms with Crippen LogP contribution in [0.3, 0.4) is 0 Å². The third kappa shape index (κ3) is 10.8. The molecule has 0 aromatic heterocycles. The number of amides is 1. The fourth-order valence-corrected chi connectivity index (χ4v) is 1.86. The number of halogens is 1. The summed E-state index contributed by atoms with van der Waals surface area (Å²) < 4.78 is 5.17. The van der Waals surface area contributed by atoms with Crippen LogP contribution in [0.1, 0.15) is 38.8 Å². The summed E-state index contributed by atoms with van der Waals surface area (Å²) in [5.74, 6) is 0.665. The Balaban J connectivity index is 0.00000625. The first-order valence-electron chi connectivity index (χ1n) is 8.32. The van der Waals surface area contributed by atoms with E-state index in [1.165, 1.54) is 0 Å². The highest BCUT2D eigenvalue weighted by molar-refractivity contribution is 14.0. The highest BCUT2D eigenvalue weighted by atomic mass is 127. The van der Waals surface area contributed by atoms with E-state index >= 15 is 0 Å². The molecule has 0 spiro atoms. The normalized spacial score (nSPS) is 11.0. The number of benzene rings is 1. The van der Waals surface area contributed by atoms with Gasteiger partial charge in [0.1, 0.15) is 5.60 Å². The smallest absolute Gasteiger partial charge is 0.407 e. The molecule has 144 valence electrons. The minimum Gasteiger partial charge on any atom is -0.444 e. The summed E-state index contributed by atoms with van der Waals surface area (Å²) >= 11 is 0. The predicted octanol–water partition coefficient (Wildman–Crippen LogP) is 2.76. The summed E-state index contributed by atoms with van der Waals surface area (Å²) in [4.78, 5) is 16.0. The molecule has 1 aromatic carbocycles. The van der Waals surface area contributed by atoms with Crippen molar-refractivity contribution in [2.24, 2.45) is 4.99 Å². The van der Waals surface area contributed by atoms with Gasteiger partial charge in [0.25, 0.3) is 0 Å². The molecule has 0 bridgehead atoms. The molecule has 0 unspecified atom stereocenters. The van der Waals surface area contributed by atoms with Crippen LogP contribution >= 0.6 is 24.0 Å². The second-order valence-corrected chi connectivity index (χ2v) is 6.36. The van der Waals surface area contributed by atoms with Crippen molar-refractivity contribution in [1.29, 1.82) is 5.26 Å². The van der Waals surface area contributed by atoms with Crippen molar-refractivity contribution in [2.75, 3.05) is 19.6 Å². The Labute approximate surface area is 172 Å². The molecule has 1 aromatic rings. The number of aliphatic imine (C=N–C) groups is 1. The number of guanidine groups is 1. The Kier molecular flexibility index (Phi) is 11.4. The fourth-order valence-electron chi connectivity index (χ4n) is 1.86. The van der Waals surface area contributed by atoms with Crippen LogP contribution < -0.4 is 16.0 Å². The van der Waals surface area contributed by atoms with E-state index in [0.717, 1.165) is 12.1 Å². The van der Waals surface area contributed by atoms with Crippen molar-refractivity contribution < 1.29 is 9.53 Å². The first-order valence-corrected chi connectivity index (χ1v) is 8.32. The van der Waals surface area contributed by atoms with Crippen LogP contribution in [0.2, 0.25) is 0 Å². The molecule has 0 saturated heterocycles. The van der Waals surface area contributed by atoms with Crippen molar-refractivity contribution in [3.8, 4) is 6.07 Å². The number of carbonyl (C=O) groups excluding carboxylic acids is 1. The lowest BCUT2D eigenvalue weighted by molar-refractivity contribution is 0.0529. The Morgan fingerprint density at radius 1 is 1.15 bits per heavy atom. The third-order valence-electron chi connectivity index (χ3n) is 2.93. The van der Waals surface area contributed by atoms with Gasteiger partial charge in [0.05, 0.1) is 18.2 Å². The number of rotatable bonds is 6. The Morgan fingerprint density at radius 3 is 2.31 bits per heavy atom. The van der Waals surface area contributed by atoms with Gasteiger partial charge in [-0.25, -0.2) is 9.79 Å². The molecule has 7 nitrogen and oxygen atoms in total. The lowest BCUT2D eigenvalue weighted by atomic mass is 10.1. The molecule has 1 rings (SSSR count). The van der Waals surface area contributed by atoms with Gasteiger partial charge >= 0.3 is 6.09 Å². The first kappa shape index (κ1) is 24.0. The summed E-state index contributed by atoms with van der Waals surface area (Å²) in [5, 5.41) is 17.8. The molecule has 8 heteroatoms. The van der Waals surface area contributed by atoms with Crippen LogP contribution in [0.15, 0.2) is 29.3 Å². The molecule has 0 fully saturated rings. The zero-order valence-corrected chi connectivity index (χ0v) is 18.1. The Bertz CT molecular complexity index is 618. The van der Waals surface area contributed by atoms with Crippen LogP contribution in [0, 0.1) is 11.3 Å². The molecule has 3 N–H and O–H groups in total. The van der Waals surface area contributed by atoms with Gasteiger partial charge in [-0.05, 0) is 45.4 Å². The minimum absolute atomic E-state index is 0. The summed E-state index contributed by atoms with van der Waals surface area (Å²) in [6.45, 7) is 9.64. The van der Waals surface area contributed by atoms with Crippen LogP contribution in [0.25, 0.3) is 0 Å². The van der Waals surface area contributed by atoms with E-state index in [9.17, 15) is 4.79 Å². The van der Waals surface area contributed by atoms with E-state index in [0.29, 0.717) is 31.2 Å². The number of nitrogens with one attached hydrogen (secondary N) is 3. The number of nitrogens with zero attached hydrogens (tertiary/aromatic N) is 2. The molecule has 0 aliphatic carbocycles. The van der Waals surface area contributed by atoms with Crippen molar-refractivity contribution in [3.05, 3.63) is 35.4 Å². The van der Waals surface area contributed by atoms with Gasteiger partial charge in [-0.2, -0.15) is 5.26 Å². The van der Waals surface area contributed by atoms with Crippen molar-refractivity contribution >= 4 is 36.0 Å². The van der Waals surface area contributed by atoms with Crippen LogP contribution in [0.4, 0.5) is 4.79 Å². The Morgan fingerprint density at radius 2 is 1.77 bits per heavy atom. The van der Waals surface area contributed by atoms with Crippen molar-refractivity contribution in [1.82, 2.24) is 16.0 Å². The standard InChI is InChI=1S/C18H27N5O2.HI/c1-5-20-16(21-10-11-22-17(24)25-18(2,3)4)23-13-15-8-6-14(12-19)7-9-15;/h6-9H,5,10-11,13H2,1-4H3,(H,22,24)(H2,20,21,23);1H. The van der Waals surface area contributed by atoms with E-state index in [4.69, 9.17) is 10.00 Å². The van der Waals surface area contributed by atoms with Crippen LogP contribution in [0.5, 0.6) is 0 Å². The zero-order valence-electron chi connectivity index (χ0n) is 15.8.